The van der Waals surface area contributed by atoms with Crippen molar-refractivity contribution >= 4 is 89.4 Å². The smallest absolute Gasteiger partial charge is 0.257 e. The molecule has 0 aliphatic carbocycles. The summed E-state index contributed by atoms with van der Waals surface area (Å²) in [6.07, 6.45) is 0. The van der Waals surface area contributed by atoms with Gasteiger partial charge in [-0.1, -0.05) is 151 Å². The fourth-order valence-corrected chi connectivity index (χ4v) is 10.7. The first-order valence-corrected chi connectivity index (χ1v) is 24.6. The van der Waals surface area contributed by atoms with Gasteiger partial charge in [0.15, 0.2) is 5.84 Å². The lowest BCUT2D eigenvalue weighted by atomic mass is 9.87. The summed E-state index contributed by atoms with van der Waals surface area (Å²) in [5.74, 6) is 1.00. The largest absolute Gasteiger partial charge is 0.325 e. The predicted octanol–water partition coefficient (Wildman–Crippen LogP) is 14.5. The quantitative estimate of drug-likeness (QED) is 0.140. The number of aliphatic imine (C=N–C) groups is 2. The number of hydrogen-bond donors (Lipinski definition) is 3. The van der Waals surface area contributed by atoms with Crippen molar-refractivity contribution in [2.75, 3.05) is 5.32 Å². The number of aryl methyl sites for hydroxylation is 2. The number of nitrogens with one attached hydrogen (secondary N) is 3. The number of anilines is 1. The van der Waals surface area contributed by atoms with Crippen LogP contribution in [0.2, 0.25) is 0 Å². The van der Waals surface area contributed by atoms with E-state index in [-0.39, 0.29) is 22.6 Å². The Morgan fingerprint density at radius 1 is 0.551 bits per heavy atom. The van der Waals surface area contributed by atoms with Crippen molar-refractivity contribution in [1.82, 2.24) is 20.3 Å². The lowest BCUT2D eigenvalue weighted by Crippen LogP contribution is -2.31. The summed E-state index contributed by atoms with van der Waals surface area (Å²) < 4.78 is 2.05. The van der Waals surface area contributed by atoms with Crippen molar-refractivity contribution in [3.05, 3.63) is 190 Å². The van der Waals surface area contributed by atoms with E-state index >= 15 is 0 Å². The maximum Gasteiger partial charge on any atom is 0.257 e. The molecule has 11 heteroatoms. The van der Waals surface area contributed by atoms with Gasteiger partial charge in [-0.3, -0.25) is 9.59 Å². The summed E-state index contributed by atoms with van der Waals surface area (Å²) in [6.45, 7) is 17.1. The van der Waals surface area contributed by atoms with Gasteiger partial charge in [0.25, 0.3) is 11.8 Å². The Kier molecular flexibility index (Phi) is 11.7. The van der Waals surface area contributed by atoms with Gasteiger partial charge in [0.2, 0.25) is 0 Å². The third-order valence-electron chi connectivity index (χ3n) is 12.4. The normalized spacial score (nSPS) is 13.7. The molecule has 6 aromatic carbocycles. The van der Waals surface area contributed by atoms with Crippen LogP contribution in [0.25, 0.3) is 53.3 Å². The van der Waals surface area contributed by atoms with E-state index in [1.165, 1.54) is 11.1 Å². The maximum absolute atomic E-state index is 14.4. The lowest BCUT2D eigenvalue weighted by Gasteiger charge is -2.18. The molecule has 0 unspecified atom stereocenters. The van der Waals surface area contributed by atoms with Gasteiger partial charge in [0, 0.05) is 22.3 Å². The number of aromatic amines is 1. The van der Waals surface area contributed by atoms with E-state index in [1.54, 1.807) is 22.7 Å². The first-order valence-electron chi connectivity index (χ1n) is 23.0. The second kappa shape index (κ2) is 17.8. The van der Waals surface area contributed by atoms with Gasteiger partial charge in [-0.15, -0.1) is 22.7 Å². The minimum absolute atomic E-state index is 0.0683. The highest BCUT2D eigenvalue weighted by Crippen LogP contribution is 2.48. The summed E-state index contributed by atoms with van der Waals surface area (Å²) in [4.78, 5) is 53.5. The van der Waals surface area contributed by atoms with Crippen molar-refractivity contribution in [2.45, 2.75) is 66.2 Å². The fourth-order valence-electron chi connectivity index (χ4n) is 8.58. The zero-order valence-corrected chi connectivity index (χ0v) is 41.4. The number of thiazole rings is 2. The van der Waals surface area contributed by atoms with Crippen LogP contribution in [0.4, 0.5) is 11.6 Å². The summed E-state index contributed by atoms with van der Waals surface area (Å²) in [6, 6.07) is 47.9. The molecule has 0 saturated carbocycles. The molecular formula is C58H51N7O2S2. The zero-order chi connectivity index (χ0) is 48.2. The second-order valence-electron chi connectivity index (χ2n) is 19.4. The van der Waals surface area contributed by atoms with Crippen LogP contribution in [-0.4, -0.2) is 38.4 Å². The number of rotatable bonds is 8. The molecule has 2 amide bonds. The predicted molar refractivity (Wildman–Crippen MR) is 287 cm³/mol. The van der Waals surface area contributed by atoms with Crippen LogP contribution >= 0.6 is 22.7 Å². The number of benzene rings is 6. The van der Waals surface area contributed by atoms with Gasteiger partial charge in [0.1, 0.15) is 27.5 Å². The summed E-state index contributed by atoms with van der Waals surface area (Å²) >= 11 is 3.13. The Labute approximate surface area is 409 Å². The number of hydrogen-bond acceptors (Lipinski definition) is 7. The molecule has 10 rings (SSSR count). The molecule has 1 aliphatic heterocycles. The summed E-state index contributed by atoms with van der Waals surface area (Å²) in [5, 5.41) is 7.87. The molecule has 0 radical (unpaired) electrons. The monoisotopic (exact) mass is 941 g/mol. The number of aromatic nitrogens is 3. The third-order valence-corrected chi connectivity index (χ3v) is 14.5. The number of carbonyl (C=O) groups is 2. The molecule has 3 aromatic heterocycles. The van der Waals surface area contributed by atoms with Crippen molar-refractivity contribution in [2.24, 2.45) is 9.98 Å². The first-order chi connectivity index (χ1) is 33.1. The highest BCUT2D eigenvalue weighted by atomic mass is 32.1. The zero-order valence-electron chi connectivity index (χ0n) is 39.8. The van der Waals surface area contributed by atoms with Crippen LogP contribution in [-0.2, 0) is 10.8 Å². The second-order valence-corrected chi connectivity index (χ2v) is 21.5. The number of fused-ring (bicyclic) bond motifs is 2. The molecule has 3 N–H and O–H groups in total. The van der Waals surface area contributed by atoms with Gasteiger partial charge in [-0.25, -0.2) is 20.0 Å². The molecule has 1 aliphatic rings. The molecule has 0 bridgehead atoms. The number of nitrogens with zero attached hydrogens (tertiary/aromatic N) is 4. The highest BCUT2D eigenvalue weighted by Gasteiger charge is 2.34. The highest BCUT2D eigenvalue weighted by molar-refractivity contribution is 7.21. The van der Waals surface area contributed by atoms with Crippen LogP contribution in [0.1, 0.15) is 95.1 Å². The van der Waals surface area contributed by atoms with E-state index in [2.05, 4.69) is 93.6 Å². The minimum atomic E-state index is -0.298. The van der Waals surface area contributed by atoms with Crippen LogP contribution in [0.15, 0.2) is 156 Å². The molecule has 0 atom stereocenters. The molecule has 0 spiro atoms. The first kappa shape index (κ1) is 45.2. The number of carbonyl (C=O) groups excluding carboxylic acids is 2. The van der Waals surface area contributed by atoms with E-state index < -0.39 is 0 Å². The molecule has 0 saturated heterocycles. The Morgan fingerprint density at radius 3 is 1.59 bits per heavy atom. The van der Waals surface area contributed by atoms with Crippen LogP contribution in [0.5, 0.6) is 0 Å². The molecule has 342 valence electrons. The number of amides is 2. The summed E-state index contributed by atoms with van der Waals surface area (Å²) in [7, 11) is 0. The van der Waals surface area contributed by atoms with Crippen molar-refractivity contribution in [1.29, 1.82) is 0 Å². The third kappa shape index (κ3) is 8.87. The number of H-pyrrole nitrogens is 1. The fraction of sp³-hybridized carbons (Fsp3) is 0.172. The van der Waals surface area contributed by atoms with Crippen LogP contribution in [0.3, 0.4) is 0 Å². The van der Waals surface area contributed by atoms with Crippen LogP contribution in [0, 0.1) is 13.8 Å². The molecule has 0 fully saturated rings. The van der Waals surface area contributed by atoms with Gasteiger partial charge in [0.05, 0.1) is 31.6 Å². The average molecular weight is 942 g/mol. The Bertz CT molecular complexity index is 3580. The van der Waals surface area contributed by atoms with Crippen molar-refractivity contribution in [3.8, 4) is 21.7 Å². The van der Waals surface area contributed by atoms with E-state index in [1.807, 2.05) is 123 Å². The Balaban J connectivity index is 1.24. The number of amidine groups is 2. The van der Waals surface area contributed by atoms with E-state index in [9.17, 15) is 9.59 Å². The molecule has 4 heterocycles. The van der Waals surface area contributed by atoms with Crippen molar-refractivity contribution in [3.63, 3.8) is 0 Å². The van der Waals surface area contributed by atoms with Gasteiger partial charge in [-0.2, -0.15) is 0 Å². The maximum atomic E-state index is 14.4. The standard InChI is InChI=1S/C58H51N7O2S2/c1-33-19-15-17-25-39(33)53(66)64-51-47(55-59-41-29-27-37(57(3,4)5)31-43(41)68-55)45(35-21-11-9-12-22-35)49(62-51)61-50-46(36-23-13-10-14-24-36)48(52(63-50)65-54(67)40-26-18-16-20-34(40)2)56-60-42-30-28-38(58(6,7)8)32-44(42)69-56/h9-32,62H,1-8H3,(H,64,66)(H,61,63,65,67). The van der Waals surface area contributed by atoms with Gasteiger partial charge in [-0.05, 0) is 94.5 Å². The van der Waals surface area contributed by atoms with Gasteiger partial charge < -0.3 is 15.6 Å². The van der Waals surface area contributed by atoms with E-state index in [0.717, 1.165) is 48.3 Å². The minimum Gasteiger partial charge on any atom is -0.325 e. The van der Waals surface area contributed by atoms with Gasteiger partial charge >= 0.3 is 0 Å². The van der Waals surface area contributed by atoms with Crippen molar-refractivity contribution < 1.29 is 9.59 Å². The molecule has 9 aromatic rings. The topological polar surface area (TPSA) is 124 Å². The summed E-state index contributed by atoms with van der Waals surface area (Å²) in [5.41, 5.74) is 11.2. The molecular weight excluding hydrogens is 891 g/mol. The van der Waals surface area contributed by atoms with Crippen LogP contribution < -0.4 is 10.6 Å². The molecule has 69 heavy (non-hydrogen) atoms. The Morgan fingerprint density at radius 2 is 1.04 bits per heavy atom. The molecule has 9 nitrogen and oxygen atoms in total. The van der Waals surface area contributed by atoms with E-state index in [4.69, 9.17) is 20.0 Å². The average Bonchev–Trinajstić information content (AvgIpc) is 4.11. The Hall–Kier alpha value is -7.60. The lowest BCUT2D eigenvalue weighted by molar-refractivity contribution is 0.0975. The van der Waals surface area contributed by atoms with E-state index in [0.29, 0.717) is 61.2 Å². The SMILES string of the molecule is Cc1ccccc1C(=O)NC1=NC(=Nc2[nH]c(NC(=O)c3ccccc3C)c(-c3nc4ccc(C(C)(C)C)cc4s3)c2-c2ccccc2)C(c2ccccc2)=C1c1nc2ccc(C(C)(C)C)cc2s1.